The van der Waals surface area contributed by atoms with Gasteiger partial charge in [-0.3, -0.25) is 9.59 Å². The van der Waals surface area contributed by atoms with E-state index < -0.39 is 23.7 Å². The van der Waals surface area contributed by atoms with E-state index >= 15 is 0 Å². The molecule has 0 aliphatic heterocycles. The van der Waals surface area contributed by atoms with E-state index in [4.69, 9.17) is 5.26 Å². The van der Waals surface area contributed by atoms with Crippen molar-refractivity contribution < 1.29 is 19.1 Å². The number of hydrogen-bond donors (Lipinski definition) is 1. The Bertz CT molecular complexity index is 664. The van der Waals surface area contributed by atoms with Crippen LogP contribution in [0.15, 0.2) is 24.3 Å². The van der Waals surface area contributed by atoms with Crippen LogP contribution in [0.25, 0.3) is 0 Å². The number of Topliss-reactive ketones (excluding diaryl/α,β-unsaturated/α-hetero) is 1. The lowest BCUT2D eigenvalue weighted by Crippen LogP contribution is -2.38. The number of rotatable bonds is 7. The highest BCUT2D eigenvalue weighted by Gasteiger charge is 2.28. The van der Waals surface area contributed by atoms with Gasteiger partial charge >= 0.3 is 6.09 Å². The summed E-state index contributed by atoms with van der Waals surface area (Å²) in [6.07, 6.45) is 0.288. The number of hydrogen-bond acceptors (Lipinski definition) is 5. The molecule has 1 aromatic rings. The highest BCUT2D eigenvalue weighted by molar-refractivity contribution is 6.10. The van der Waals surface area contributed by atoms with Gasteiger partial charge in [0.1, 0.15) is 0 Å². The van der Waals surface area contributed by atoms with Gasteiger partial charge in [0, 0.05) is 12.7 Å². The normalized spacial score (nSPS) is 12.4. The second-order valence-corrected chi connectivity index (χ2v) is 5.78. The molecule has 0 aromatic heterocycles. The van der Waals surface area contributed by atoms with Gasteiger partial charge in [-0.1, -0.05) is 26.0 Å². The van der Waals surface area contributed by atoms with Crippen LogP contribution in [0.5, 0.6) is 0 Å². The summed E-state index contributed by atoms with van der Waals surface area (Å²) in [5, 5.41) is 11.7. The van der Waals surface area contributed by atoms with Crippen LogP contribution in [0.3, 0.4) is 0 Å². The zero-order valence-corrected chi connectivity index (χ0v) is 14.9. The number of carbonyl (C=O) groups excluding carboxylic acids is 3. The van der Waals surface area contributed by atoms with Gasteiger partial charge in [0.15, 0.2) is 11.7 Å². The molecule has 134 valence electrons. The van der Waals surface area contributed by atoms with Crippen molar-refractivity contribution in [2.24, 2.45) is 5.92 Å². The first kappa shape index (κ1) is 20.2. The van der Waals surface area contributed by atoms with E-state index in [0.29, 0.717) is 11.6 Å². The van der Waals surface area contributed by atoms with Crippen LogP contribution in [0.4, 0.5) is 10.5 Å². The van der Waals surface area contributed by atoms with Crippen molar-refractivity contribution in [1.29, 1.82) is 5.26 Å². The summed E-state index contributed by atoms with van der Waals surface area (Å²) < 4.78 is 4.47. The maximum atomic E-state index is 12.2. The summed E-state index contributed by atoms with van der Waals surface area (Å²) >= 11 is 0. The third-order valence-corrected chi connectivity index (χ3v) is 3.95. The smallest absolute Gasteiger partial charge is 0.409 e. The van der Waals surface area contributed by atoms with Gasteiger partial charge in [-0.05, 0) is 30.0 Å². The predicted octanol–water partition coefficient (Wildman–Crippen LogP) is 2.55. The van der Waals surface area contributed by atoms with E-state index in [2.05, 4.69) is 23.9 Å². The number of benzene rings is 1. The van der Waals surface area contributed by atoms with Crippen molar-refractivity contribution >= 4 is 23.5 Å². The Hall–Kier alpha value is -2.88. The molecule has 0 fully saturated rings. The van der Waals surface area contributed by atoms with Crippen molar-refractivity contribution in [1.82, 2.24) is 4.90 Å². The molecule has 0 saturated heterocycles. The second kappa shape index (κ2) is 9.42. The third-order valence-electron chi connectivity index (χ3n) is 3.95. The molecule has 1 N–H and O–H groups in total. The molecular formula is C18H23N3O4. The number of ketones is 1. The Balaban J connectivity index is 2.74. The molecule has 0 heterocycles. The maximum absolute atomic E-state index is 12.2. The molecule has 0 aliphatic carbocycles. The highest BCUT2D eigenvalue weighted by atomic mass is 16.5. The fraction of sp³-hybridized carbons (Fsp3) is 0.444. The molecule has 0 spiro atoms. The average Bonchev–Trinajstić information content (AvgIpc) is 2.61. The monoisotopic (exact) mass is 345 g/mol. The van der Waals surface area contributed by atoms with Crippen LogP contribution in [0, 0.1) is 17.2 Å². The third kappa shape index (κ3) is 5.60. The molecule has 0 radical (unpaired) electrons. The quantitative estimate of drug-likeness (QED) is 0.766. The number of nitriles is 1. The van der Waals surface area contributed by atoms with Crippen molar-refractivity contribution in [2.75, 3.05) is 26.0 Å². The molecule has 0 unspecified atom stereocenters. The molecule has 1 rings (SSSR count). The van der Waals surface area contributed by atoms with E-state index in [1.165, 1.54) is 14.2 Å². The first-order valence-corrected chi connectivity index (χ1v) is 7.96. The van der Waals surface area contributed by atoms with E-state index in [1.807, 2.05) is 12.1 Å². The molecule has 7 heteroatoms. The Morgan fingerprint density at radius 3 is 2.36 bits per heavy atom. The number of amides is 2. The van der Waals surface area contributed by atoms with Gasteiger partial charge in [0.05, 0.1) is 19.7 Å². The van der Waals surface area contributed by atoms with E-state index in [0.717, 1.165) is 16.9 Å². The highest BCUT2D eigenvalue weighted by Crippen LogP contribution is 2.20. The molecule has 1 aromatic carbocycles. The number of nitrogens with zero attached hydrogens (tertiary/aromatic N) is 2. The second-order valence-electron chi connectivity index (χ2n) is 5.78. The van der Waals surface area contributed by atoms with Crippen LogP contribution in [-0.4, -0.2) is 43.4 Å². The van der Waals surface area contributed by atoms with Gasteiger partial charge in [0.2, 0.25) is 5.91 Å². The van der Waals surface area contributed by atoms with Gasteiger partial charge in [-0.25, -0.2) is 4.79 Å². The first-order chi connectivity index (χ1) is 11.8. The van der Waals surface area contributed by atoms with Crippen molar-refractivity contribution in [2.45, 2.75) is 26.2 Å². The Morgan fingerprint density at radius 1 is 1.28 bits per heavy atom. The summed E-state index contributed by atoms with van der Waals surface area (Å²) in [6, 6.07) is 8.95. The zero-order valence-electron chi connectivity index (χ0n) is 14.9. The summed E-state index contributed by atoms with van der Waals surface area (Å²) in [4.78, 5) is 36.6. The average molecular weight is 345 g/mol. The predicted molar refractivity (Wildman–Crippen MR) is 92.9 cm³/mol. The lowest BCUT2D eigenvalue weighted by Gasteiger charge is -2.16. The molecule has 0 aliphatic rings. The number of anilines is 1. The lowest BCUT2D eigenvalue weighted by molar-refractivity contribution is -0.129. The molecule has 0 bridgehead atoms. The summed E-state index contributed by atoms with van der Waals surface area (Å²) in [5.41, 5.74) is 1.65. The lowest BCUT2D eigenvalue weighted by atomic mass is 9.98. The Morgan fingerprint density at radius 2 is 1.88 bits per heavy atom. The van der Waals surface area contributed by atoms with Gasteiger partial charge in [-0.2, -0.15) is 5.26 Å². The van der Waals surface area contributed by atoms with E-state index in [9.17, 15) is 14.4 Å². The molecule has 7 nitrogen and oxygen atoms in total. The molecule has 25 heavy (non-hydrogen) atoms. The molecule has 2 atom stereocenters. The Labute approximate surface area is 147 Å². The van der Waals surface area contributed by atoms with Crippen molar-refractivity contribution in [3.8, 4) is 6.07 Å². The maximum Gasteiger partial charge on any atom is 0.409 e. The SMILES string of the molecule is CC[C@H](C)c1ccc(NC(=O)[C@@H](C#N)C(=O)CN(C)C(=O)OC)cc1. The fourth-order valence-electron chi connectivity index (χ4n) is 2.17. The minimum absolute atomic E-state index is 0.384. The fourth-order valence-corrected chi connectivity index (χ4v) is 2.17. The largest absolute Gasteiger partial charge is 0.453 e. The van der Waals surface area contributed by atoms with E-state index in [1.54, 1.807) is 18.2 Å². The molecule has 0 saturated carbocycles. The summed E-state index contributed by atoms with van der Waals surface area (Å²) in [7, 11) is 2.53. The molecular weight excluding hydrogens is 322 g/mol. The van der Waals surface area contributed by atoms with Gasteiger partial charge < -0.3 is 15.0 Å². The standard InChI is InChI=1S/C18H23N3O4/c1-5-12(2)13-6-8-14(9-7-13)20-17(23)15(10-19)16(22)11-21(3)18(24)25-4/h6-9,12,15H,5,11H2,1-4H3,(H,20,23)/t12-,15-/m0/s1. The topological polar surface area (TPSA) is 99.5 Å². The van der Waals surface area contributed by atoms with Crippen LogP contribution in [0.1, 0.15) is 31.7 Å². The van der Waals surface area contributed by atoms with Crippen molar-refractivity contribution in [3.05, 3.63) is 29.8 Å². The Kier molecular flexibility index (Phi) is 7.60. The van der Waals surface area contributed by atoms with Gasteiger partial charge in [-0.15, -0.1) is 0 Å². The molecule has 2 amide bonds. The number of ether oxygens (including phenoxy) is 1. The number of likely N-dealkylation sites (N-methyl/N-ethyl adjacent to an activating group) is 1. The zero-order chi connectivity index (χ0) is 19.0. The van der Waals surface area contributed by atoms with Gasteiger partial charge in [0.25, 0.3) is 0 Å². The van der Waals surface area contributed by atoms with Crippen LogP contribution in [0.2, 0.25) is 0 Å². The van der Waals surface area contributed by atoms with Crippen LogP contribution in [-0.2, 0) is 14.3 Å². The number of methoxy groups -OCH3 is 1. The summed E-state index contributed by atoms with van der Waals surface area (Å²) in [6.45, 7) is 3.82. The summed E-state index contributed by atoms with van der Waals surface area (Å²) in [5.74, 6) is -2.49. The minimum atomic E-state index is -1.50. The van der Waals surface area contributed by atoms with Crippen LogP contribution < -0.4 is 5.32 Å². The van der Waals surface area contributed by atoms with Crippen molar-refractivity contribution in [3.63, 3.8) is 0 Å². The number of carbonyl (C=O) groups is 3. The minimum Gasteiger partial charge on any atom is -0.453 e. The van der Waals surface area contributed by atoms with E-state index in [-0.39, 0.29) is 6.54 Å². The van der Waals surface area contributed by atoms with Crippen LogP contribution >= 0.6 is 0 Å². The number of nitrogens with one attached hydrogen (secondary N) is 1. The first-order valence-electron chi connectivity index (χ1n) is 7.96.